The van der Waals surface area contributed by atoms with E-state index in [1.54, 1.807) is 27.9 Å². The third-order valence-electron chi connectivity index (χ3n) is 2.71. The molecule has 0 radical (unpaired) electrons. The maximum absolute atomic E-state index is 11.4. The van der Waals surface area contributed by atoms with Crippen molar-refractivity contribution in [1.29, 1.82) is 0 Å². The van der Waals surface area contributed by atoms with Crippen LogP contribution in [0, 0.1) is 0 Å². The lowest BCUT2D eigenvalue weighted by atomic mass is 10.0. The fraction of sp³-hybridized carbons (Fsp3) is 0.533. The number of hydrogen-bond donors (Lipinski definition) is 2. The van der Waals surface area contributed by atoms with E-state index in [2.05, 4.69) is 5.48 Å². The molecular formula is C15H24N2O4. The van der Waals surface area contributed by atoms with Crippen LogP contribution in [0.25, 0.3) is 0 Å². The summed E-state index contributed by atoms with van der Waals surface area (Å²) in [7, 11) is 1.61. The number of nitrogens with one attached hydrogen (secondary N) is 1. The fourth-order valence-electron chi connectivity index (χ4n) is 1.68. The van der Waals surface area contributed by atoms with Gasteiger partial charge in [0.15, 0.2) is 0 Å². The van der Waals surface area contributed by atoms with Gasteiger partial charge in [-0.15, -0.1) is 0 Å². The first-order valence-corrected chi connectivity index (χ1v) is 6.80. The highest BCUT2D eigenvalue weighted by atomic mass is 16.7. The van der Waals surface area contributed by atoms with Gasteiger partial charge in [0.25, 0.3) is 0 Å². The maximum Gasteiger partial charge on any atom is 0.431 e. The number of carbonyl (C=O) groups is 1. The molecule has 1 aromatic rings. The Morgan fingerprint density at radius 3 is 2.38 bits per heavy atom. The van der Waals surface area contributed by atoms with Crippen LogP contribution < -0.4 is 16.0 Å². The molecule has 0 saturated carbocycles. The Bertz CT molecular complexity index is 440. The van der Waals surface area contributed by atoms with Crippen molar-refractivity contribution in [2.75, 3.05) is 20.3 Å². The second-order valence-corrected chi connectivity index (χ2v) is 5.62. The molecule has 0 bridgehead atoms. The van der Waals surface area contributed by atoms with Crippen LogP contribution in [0.2, 0.25) is 0 Å². The quantitative estimate of drug-likeness (QED) is 0.786. The Labute approximate surface area is 125 Å². The standard InChI is InChI=1S/C15H24N2O4/c1-15(2,3)21-14(18)17-20-10-12(9-16)11-5-7-13(19-4)8-6-11/h5-8,12H,9-10,16H2,1-4H3,(H,17,18). The number of benzene rings is 1. The zero-order valence-electron chi connectivity index (χ0n) is 13.0. The van der Waals surface area contributed by atoms with Crippen molar-refractivity contribution in [3.63, 3.8) is 0 Å². The van der Waals surface area contributed by atoms with Gasteiger partial charge in [0.1, 0.15) is 11.4 Å². The summed E-state index contributed by atoms with van der Waals surface area (Å²) >= 11 is 0. The van der Waals surface area contributed by atoms with Crippen LogP contribution in [0.3, 0.4) is 0 Å². The van der Waals surface area contributed by atoms with Crippen molar-refractivity contribution < 1.29 is 19.1 Å². The first-order valence-electron chi connectivity index (χ1n) is 6.80. The van der Waals surface area contributed by atoms with Crippen LogP contribution in [-0.2, 0) is 9.57 Å². The third kappa shape index (κ3) is 6.46. The van der Waals surface area contributed by atoms with E-state index in [-0.39, 0.29) is 12.5 Å². The molecule has 6 nitrogen and oxygen atoms in total. The second-order valence-electron chi connectivity index (χ2n) is 5.62. The smallest absolute Gasteiger partial charge is 0.431 e. The SMILES string of the molecule is COc1ccc(C(CN)CONC(=O)OC(C)(C)C)cc1. The van der Waals surface area contributed by atoms with E-state index < -0.39 is 11.7 Å². The average molecular weight is 296 g/mol. The van der Waals surface area contributed by atoms with Gasteiger partial charge < -0.3 is 15.2 Å². The molecule has 1 unspecified atom stereocenters. The largest absolute Gasteiger partial charge is 0.497 e. The molecule has 0 fully saturated rings. The molecule has 1 amide bonds. The summed E-state index contributed by atoms with van der Waals surface area (Å²) < 4.78 is 10.2. The van der Waals surface area contributed by atoms with Crippen LogP contribution in [-0.4, -0.2) is 32.0 Å². The monoisotopic (exact) mass is 296 g/mol. The number of nitrogens with two attached hydrogens (primary N) is 1. The number of ether oxygens (including phenoxy) is 2. The number of hydroxylamine groups is 1. The molecule has 1 atom stereocenters. The van der Waals surface area contributed by atoms with Crippen molar-refractivity contribution in [1.82, 2.24) is 5.48 Å². The number of rotatable bonds is 6. The zero-order chi connectivity index (χ0) is 15.9. The third-order valence-corrected chi connectivity index (χ3v) is 2.71. The van der Waals surface area contributed by atoms with Crippen LogP contribution in [0.15, 0.2) is 24.3 Å². The number of amides is 1. The minimum Gasteiger partial charge on any atom is -0.497 e. The van der Waals surface area contributed by atoms with Gasteiger partial charge in [-0.3, -0.25) is 4.84 Å². The van der Waals surface area contributed by atoms with Gasteiger partial charge in [-0.1, -0.05) is 12.1 Å². The molecule has 0 saturated heterocycles. The highest BCUT2D eigenvalue weighted by Crippen LogP contribution is 2.19. The fourth-order valence-corrected chi connectivity index (χ4v) is 1.68. The van der Waals surface area contributed by atoms with E-state index in [9.17, 15) is 4.79 Å². The molecule has 0 aromatic heterocycles. The Morgan fingerprint density at radius 1 is 1.29 bits per heavy atom. The lowest BCUT2D eigenvalue weighted by Gasteiger charge is -2.20. The van der Waals surface area contributed by atoms with Crippen LogP contribution in [0.4, 0.5) is 4.79 Å². The van der Waals surface area contributed by atoms with Gasteiger partial charge in [-0.25, -0.2) is 4.79 Å². The van der Waals surface area contributed by atoms with Crippen molar-refractivity contribution in [3.8, 4) is 5.75 Å². The lowest BCUT2D eigenvalue weighted by Crippen LogP contribution is -2.34. The molecule has 0 aliphatic rings. The van der Waals surface area contributed by atoms with Gasteiger partial charge in [0, 0.05) is 12.5 Å². The first kappa shape index (κ1) is 17.3. The summed E-state index contributed by atoms with van der Waals surface area (Å²) in [5.74, 6) is 0.758. The first-order chi connectivity index (χ1) is 9.85. The molecule has 0 aliphatic heterocycles. The lowest BCUT2D eigenvalue weighted by molar-refractivity contribution is -0.0111. The molecule has 118 valence electrons. The second kappa shape index (κ2) is 7.85. The number of hydrogen-bond acceptors (Lipinski definition) is 5. The minimum absolute atomic E-state index is 0.0224. The average Bonchev–Trinajstić information content (AvgIpc) is 2.42. The van der Waals surface area contributed by atoms with E-state index in [4.69, 9.17) is 20.0 Å². The topological polar surface area (TPSA) is 82.8 Å². The summed E-state index contributed by atoms with van der Waals surface area (Å²) in [6.07, 6.45) is -0.618. The number of carbonyl (C=O) groups excluding carboxylic acids is 1. The van der Waals surface area contributed by atoms with E-state index >= 15 is 0 Å². The van der Waals surface area contributed by atoms with E-state index in [0.717, 1.165) is 11.3 Å². The van der Waals surface area contributed by atoms with Crippen molar-refractivity contribution in [3.05, 3.63) is 29.8 Å². The zero-order valence-corrected chi connectivity index (χ0v) is 13.0. The van der Waals surface area contributed by atoms with Crippen LogP contribution in [0.1, 0.15) is 32.3 Å². The summed E-state index contributed by atoms with van der Waals surface area (Å²) in [6, 6.07) is 7.57. The van der Waals surface area contributed by atoms with Crippen molar-refractivity contribution in [2.45, 2.75) is 32.3 Å². The molecule has 0 heterocycles. The van der Waals surface area contributed by atoms with E-state index in [1.807, 2.05) is 24.3 Å². The summed E-state index contributed by atoms with van der Waals surface area (Å²) in [4.78, 5) is 16.6. The summed E-state index contributed by atoms with van der Waals surface area (Å²) in [5.41, 5.74) is 8.45. The minimum atomic E-state index is -0.618. The predicted molar refractivity (Wildman–Crippen MR) is 80.1 cm³/mol. The van der Waals surface area contributed by atoms with E-state index in [1.165, 1.54) is 0 Å². The maximum atomic E-state index is 11.4. The van der Waals surface area contributed by atoms with E-state index in [0.29, 0.717) is 6.54 Å². The highest BCUT2D eigenvalue weighted by Gasteiger charge is 2.17. The van der Waals surface area contributed by atoms with Gasteiger partial charge >= 0.3 is 6.09 Å². The molecule has 1 aromatic carbocycles. The van der Waals surface area contributed by atoms with Crippen LogP contribution in [0.5, 0.6) is 5.75 Å². The molecular weight excluding hydrogens is 272 g/mol. The molecule has 6 heteroatoms. The summed E-state index contributed by atoms with van der Waals surface area (Å²) in [6.45, 7) is 6.02. The predicted octanol–water partition coefficient (Wildman–Crippen LogP) is 2.19. The normalized spacial score (nSPS) is 12.6. The van der Waals surface area contributed by atoms with Gasteiger partial charge in [-0.2, -0.15) is 5.48 Å². The van der Waals surface area contributed by atoms with Crippen molar-refractivity contribution >= 4 is 6.09 Å². The molecule has 3 N–H and O–H groups in total. The highest BCUT2D eigenvalue weighted by molar-refractivity contribution is 5.66. The Kier molecular flexibility index (Phi) is 6.45. The van der Waals surface area contributed by atoms with Gasteiger partial charge in [0.2, 0.25) is 0 Å². The van der Waals surface area contributed by atoms with Crippen molar-refractivity contribution in [2.24, 2.45) is 5.73 Å². The van der Waals surface area contributed by atoms with Gasteiger partial charge in [-0.05, 0) is 38.5 Å². The number of methoxy groups -OCH3 is 1. The Balaban J connectivity index is 2.45. The van der Waals surface area contributed by atoms with Crippen LogP contribution >= 0.6 is 0 Å². The summed E-state index contributed by atoms with van der Waals surface area (Å²) in [5, 5.41) is 0. The molecule has 1 rings (SSSR count). The Morgan fingerprint density at radius 2 is 1.90 bits per heavy atom. The van der Waals surface area contributed by atoms with Gasteiger partial charge in [0.05, 0.1) is 13.7 Å². The Hall–Kier alpha value is -1.79. The molecule has 0 spiro atoms. The molecule has 0 aliphatic carbocycles. The molecule has 21 heavy (non-hydrogen) atoms.